The standard InChI is InChI=1S/C14H19ClN2O3/c1-3-10(4-2)17-13(18)8-20-14(19)11-6-5-9(16)7-12(11)15/h5-7,10H,3-4,8,16H2,1-2H3,(H,17,18). The second kappa shape index (κ2) is 7.75. The van der Waals surface area contributed by atoms with Crippen molar-refractivity contribution in [2.45, 2.75) is 32.7 Å². The van der Waals surface area contributed by atoms with E-state index in [1.54, 1.807) is 6.07 Å². The van der Waals surface area contributed by atoms with E-state index in [0.717, 1.165) is 12.8 Å². The molecular formula is C14H19ClN2O3. The van der Waals surface area contributed by atoms with Gasteiger partial charge in [-0.25, -0.2) is 4.79 Å². The van der Waals surface area contributed by atoms with Gasteiger partial charge < -0.3 is 15.8 Å². The van der Waals surface area contributed by atoms with Crippen molar-refractivity contribution in [3.05, 3.63) is 28.8 Å². The fraction of sp³-hybridized carbons (Fsp3) is 0.429. The van der Waals surface area contributed by atoms with Crippen LogP contribution in [0.15, 0.2) is 18.2 Å². The molecule has 0 saturated carbocycles. The van der Waals surface area contributed by atoms with E-state index in [1.807, 2.05) is 13.8 Å². The van der Waals surface area contributed by atoms with Crippen LogP contribution in [0, 0.1) is 0 Å². The monoisotopic (exact) mass is 298 g/mol. The quantitative estimate of drug-likeness (QED) is 0.624. The maximum atomic E-state index is 11.8. The molecule has 0 aliphatic rings. The number of nitrogens with one attached hydrogen (secondary N) is 1. The fourth-order valence-corrected chi connectivity index (χ4v) is 1.93. The summed E-state index contributed by atoms with van der Waals surface area (Å²) in [5, 5.41) is 2.98. The van der Waals surface area contributed by atoms with Gasteiger partial charge in [-0.1, -0.05) is 25.4 Å². The van der Waals surface area contributed by atoms with Crippen molar-refractivity contribution in [3.63, 3.8) is 0 Å². The Kier molecular flexibility index (Phi) is 6.31. The molecule has 0 aliphatic carbocycles. The molecule has 20 heavy (non-hydrogen) atoms. The Bertz CT molecular complexity index is 487. The van der Waals surface area contributed by atoms with Gasteiger partial charge in [-0.3, -0.25) is 4.79 Å². The molecule has 1 amide bonds. The van der Waals surface area contributed by atoms with E-state index in [0.29, 0.717) is 5.69 Å². The zero-order valence-electron chi connectivity index (χ0n) is 11.6. The third-order valence-corrected chi connectivity index (χ3v) is 3.21. The molecule has 0 heterocycles. The molecule has 0 atom stereocenters. The highest BCUT2D eigenvalue weighted by Crippen LogP contribution is 2.19. The van der Waals surface area contributed by atoms with Crippen LogP contribution in [0.4, 0.5) is 5.69 Å². The van der Waals surface area contributed by atoms with Crippen molar-refractivity contribution in [2.75, 3.05) is 12.3 Å². The molecule has 0 aromatic heterocycles. The van der Waals surface area contributed by atoms with Gasteiger partial charge in [0, 0.05) is 11.7 Å². The number of halogens is 1. The average Bonchev–Trinajstić information content (AvgIpc) is 2.42. The molecular weight excluding hydrogens is 280 g/mol. The first-order valence-corrected chi connectivity index (χ1v) is 6.87. The maximum Gasteiger partial charge on any atom is 0.340 e. The summed E-state index contributed by atoms with van der Waals surface area (Å²) in [5.41, 5.74) is 6.18. The first kappa shape index (κ1) is 16.3. The predicted octanol–water partition coefficient (Wildman–Crippen LogP) is 2.38. The van der Waals surface area contributed by atoms with E-state index < -0.39 is 5.97 Å². The van der Waals surface area contributed by atoms with Crippen LogP contribution in [-0.4, -0.2) is 24.5 Å². The lowest BCUT2D eigenvalue weighted by atomic mass is 10.2. The lowest BCUT2D eigenvalue weighted by Crippen LogP contribution is -2.36. The number of rotatable bonds is 6. The number of carbonyl (C=O) groups excluding carboxylic acids is 2. The minimum Gasteiger partial charge on any atom is -0.452 e. The topological polar surface area (TPSA) is 81.4 Å². The van der Waals surface area contributed by atoms with Crippen LogP contribution in [0.3, 0.4) is 0 Å². The number of hydrogen-bond acceptors (Lipinski definition) is 4. The molecule has 3 N–H and O–H groups in total. The highest BCUT2D eigenvalue weighted by molar-refractivity contribution is 6.33. The number of carbonyl (C=O) groups is 2. The predicted molar refractivity (Wildman–Crippen MR) is 78.7 cm³/mol. The van der Waals surface area contributed by atoms with Crippen LogP contribution < -0.4 is 11.1 Å². The maximum absolute atomic E-state index is 11.8. The summed E-state index contributed by atoms with van der Waals surface area (Å²) in [6.07, 6.45) is 1.67. The summed E-state index contributed by atoms with van der Waals surface area (Å²) in [5.74, 6) is -0.965. The van der Waals surface area contributed by atoms with E-state index in [2.05, 4.69) is 5.32 Å². The Labute approximate surface area is 123 Å². The lowest BCUT2D eigenvalue weighted by Gasteiger charge is -2.14. The van der Waals surface area contributed by atoms with Gasteiger partial charge in [-0.15, -0.1) is 0 Å². The lowest BCUT2D eigenvalue weighted by molar-refractivity contribution is -0.125. The molecule has 5 nitrogen and oxygen atoms in total. The van der Waals surface area contributed by atoms with E-state index in [1.165, 1.54) is 12.1 Å². The minimum atomic E-state index is -0.644. The van der Waals surface area contributed by atoms with Crippen molar-refractivity contribution in [1.82, 2.24) is 5.32 Å². The summed E-state index contributed by atoms with van der Waals surface area (Å²) in [4.78, 5) is 23.4. The number of nitrogen functional groups attached to an aromatic ring is 1. The van der Waals surface area contributed by atoms with Crippen LogP contribution in [0.2, 0.25) is 5.02 Å². The SMILES string of the molecule is CCC(CC)NC(=O)COC(=O)c1ccc(N)cc1Cl. The third-order valence-electron chi connectivity index (χ3n) is 2.90. The molecule has 0 spiro atoms. The molecule has 0 unspecified atom stereocenters. The van der Waals surface area contributed by atoms with Crippen molar-refractivity contribution in [2.24, 2.45) is 0 Å². The normalized spacial score (nSPS) is 10.4. The van der Waals surface area contributed by atoms with Gasteiger partial charge in [0.1, 0.15) is 0 Å². The number of esters is 1. The Morgan fingerprint density at radius 1 is 1.35 bits per heavy atom. The van der Waals surface area contributed by atoms with Crippen LogP contribution in [0.1, 0.15) is 37.0 Å². The molecule has 0 radical (unpaired) electrons. The van der Waals surface area contributed by atoms with E-state index in [9.17, 15) is 9.59 Å². The number of nitrogens with two attached hydrogens (primary N) is 1. The Morgan fingerprint density at radius 2 is 2.00 bits per heavy atom. The van der Waals surface area contributed by atoms with E-state index >= 15 is 0 Å². The fourth-order valence-electron chi connectivity index (χ4n) is 1.67. The summed E-state index contributed by atoms with van der Waals surface area (Å²) in [6, 6.07) is 4.58. The molecule has 6 heteroatoms. The van der Waals surface area contributed by atoms with Crippen LogP contribution in [-0.2, 0) is 9.53 Å². The summed E-state index contributed by atoms with van der Waals surface area (Å²) in [7, 11) is 0. The van der Waals surface area contributed by atoms with Gasteiger partial charge in [-0.2, -0.15) is 0 Å². The van der Waals surface area contributed by atoms with E-state index in [-0.39, 0.29) is 29.1 Å². The number of benzene rings is 1. The zero-order valence-corrected chi connectivity index (χ0v) is 12.4. The molecule has 1 aromatic carbocycles. The van der Waals surface area contributed by atoms with E-state index in [4.69, 9.17) is 22.1 Å². The molecule has 0 aliphatic heterocycles. The van der Waals surface area contributed by atoms with Gasteiger partial charge in [0.2, 0.25) is 0 Å². The summed E-state index contributed by atoms with van der Waals surface area (Å²) >= 11 is 5.89. The second-order valence-electron chi connectivity index (χ2n) is 4.40. The Hall–Kier alpha value is -1.75. The summed E-state index contributed by atoms with van der Waals surface area (Å²) < 4.78 is 4.92. The van der Waals surface area contributed by atoms with Gasteiger partial charge >= 0.3 is 5.97 Å². The average molecular weight is 299 g/mol. The van der Waals surface area contributed by atoms with Gasteiger partial charge in [0.05, 0.1) is 10.6 Å². The van der Waals surface area contributed by atoms with Crippen molar-refractivity contribution in [1.29, 1.82) is 0 Å². The van der Waals surface area contributed by atoms with Gasteiger partial charge in [-0.05, 0) is 31.0 Å². The van der Waals surface area contributed by atoms with Crippen LogP contribution in [0.25, 0.3) is 0 Å². The Morgan fingerprint density at radius 3 is 2.55 bits per heavy atom. The molecule has 0 fully saturated rings. The molecule has 1 rings (SSSR count). The van der Waals surface area contributed by atoms with Gasteiger partial charge in [0.25, 0.3) is 5.91 Å². The third kappa shape index (κ3) is 4.74. The van der Waals surface area contributed by atoms with Crippen molar-refractivity contribution in [3.8, 4) is 0 Å². The van der Waals surface area contributed by atoms with Crippen molar-refractivity contribution >= 4 is 29.2 Å². The zero-order chi connectivity index (χ0) is 15.1. The van der Waals surface area contributed by atoms with Crippen LogP contribution >= 0.6 is 11.6 Å². The first-order chi connectivity index (χ1) is 9.47. The highest BCUT2D eigenvalue weighted by Gasteiger charge is 2.15. The first-order valence-electron chi connectivity index (χ1n) is 6.49. The minimum absolute atomic E-state index is 0.0984. The second-order valence-corrected chi connectivity index (χ2v) is 4.80. The smallest absolute Gasteiger partial charge is 0.340 e. The Balaban J connectivity index is 2.53. The molecule has 0 saturated heterocycles. The largest absolute Gasteiger partial charge is 0.452 e. The number of ether oxygens (including phenoxy) is 1. The number of amides is 1. The van der Waals surface area contributed by atoms with Gasteiger partial charge in [0.15, 0.2) is 6.61 Å². The molecule has 0 bridgehead atoms. The highest BCUT2D eigenvalue weighted by atomic mass is 35.5. The number of hydrogen-bond donors (Lipinski definition) is 2. The number of anilines is 1. The van der Waals surface area contributed by atoms with Crippen molar-refractivity contribution < 1.29 is 14.3 Å². The summed E-state index contributed by atoms with van der Waals surface area (Å²) in [6.45, 7) is 3.64. The molecule has 1 aromatic rings. The molecule has 110 valence electrons. The van der Waals surface area contributed by atoms with Crippen LogP contribution in [0.5, 0.6) is 0 Å².